The Bertz CT molecular complexity index is 427. The van der Waals surface area contributed by atoms with E-state index in [2.05, 4.69) is 0 Å². The van der Waals surface area contributed by atoms with Gasteiger partial charge in [0.05, 0.1) is 0 Å². The number of carbonyl (C=O) groups is 1. The third-order valence-corrected chi connectivity index (χ3v) is 1.92. The number of carboxylic acid groups (broad SMARTS) is 1. The molecule has 1 aromatic heterocycles. The van der Waals surface area contributed by atoms with E-state index in [1.807, 2.05) is 19.9 Å². The van der Waals surface area contributed by atoms with Crippen LogP contribution in [0.1, 0.15) is 35.7 Å². The predicted octanol–water partition coefficient (Wildman–Crippen LogP) is 1.63. The fourth-order valence-corrected chi connectivity index (χ4v) is 1.29. The lowest BCUT2D eigenvalue weighted by Gasteiger charge is -2.00. The smallest absolute Gasteiger partial charge is 0.374 e. The van der Waals surface area contributed by atoms with Crippen LogP contribution in [-0.4, -0.2) is 11.1 Å². The minimum Gasteiger partial charge on any atom is -0.475 e. The van der Waals surface area contributed by atoms with E-state index in [-0.39, 0.29) is 22.9 Å². The van der Waals surface area contributed by atoms with Crippen molar-refractivity contribution in [1.82, 2.24) is 0 Å². The summed E-state index contributed by atoms with van der Waals surface area (Å²) in [5.74, 6) is -0.979. The van der Waals surface area contributed by atoms with Gasteiger partial charge >= 0.3 is 5.97 Å². The number of nitrogen functional groups attached to an aromatic ring is 1. The van der Waals surface area contributed by atoms with Gasteiger partial charge in [0.25, 0.3) is 0 Å². The Kier molecular flexibility index (Phi) is 3.00. The Morgan fingerprint density at radius 3 is 2.67 bits per heavy atom. The molecule has 0 aliphatic heterocycles. The zero-order valence-corrected chi connectivity index (χ0v) is 8.57. The number of nitrogens with zero attached hydrogens (tertiary/aromatic N) is 1. The average Bonchev–Trinajstić information content (AvgIpc) is 2.41. The van der Waals surface area contributed by atoms with Gasteiger partial charge < -0.3 is 15.3 Å². The third kappa shape index (κ3) is 2.10. The number of nitrogens with two attached hydrogens (primary N) is 1. The first-order valence-electron chi connectivity index (χ1n) is 4.51. The summed E-state index contributed by atoms with van der Waals surface area (Å²) in [7, 11) is 0. The highest BCUT2D eigenvalue weighted by Gasteiger charge is 2.22. The van der Waals surface area contributed by atoms with Gasteiger partial charge in [-0.3, -0.25) is 0 Å². The molecule has 0 amide bonds. The molecule has 0 fully saturated rings. The van der Waals surface area contributed by atoms with Gasteiger partial charge in [0.15, 0.2) is 0 Å². The minimum atomic E-state index is -1.25. The first-order chi connectivity index (χ1) is 6.97. The summed E-state index contributed by atoms with van der Waals surface area (Å²) < 4.78 is 5.06. The van der Waals surface area contributed by atoms with Gasteiger partial charge in [-0.05, 0) is 5.92 Å². The van der Waals surface area contributed by atoms with Crippen molar-refractivity contribution in [2.24, 2.45) is 5.92 Å². The van der Waals surface area contributed by atoms with Crippen molar-refractivity contribution in [1.29, 1.82) is 5.26 Å². The maximum absolute atomic E-state index is 10.7. The van der Waals surface area contributed by atoms with Crippen LogP contribution in [0.25, 0.3) is 0 Å². The van der Waals surface area contributed by atoms with E-state index >= 15 is 0 Å². The third-order valence-electron chi connectivity index (χ3n) is 1.92. The van der Waals surface area contributed by atoms with E-state index in [0.717, 1.165) is 0 Å². The molecule has 1 rings (SSSR count). The molecule has 0 aliphatic carbocycles. The van der Waals surface area contributed by atoms with Crippen LogP contribution in [0.15, 0.2) is 4.42 Å². The quantitative estimate of drug-likeness (QED) is 0.786. The molecule has 0 saturated heterocycles. The van der Waals surface area contributed by atoms with Crippen LogP contribution >= 0.6 is 0 Å². The number of anilines is 1. The Hall–Kier alpha value is -1.96. The molecule has 80 valence electrons. The molecule has 0 aromatic carbocycles. The molecule has 0 saturated carbocycles. The summed E-state index contributed by atoms with van der Waals surface area (Å²) in [6.07, 6.45) is 0.500. The molecular formula is C10H12N2O3. The molecule has 5 heteroatoms. The second-order valence-electron chi connectivity index (χ2n) is 3.66. The molecule has 3 N–H and O–H groups in total. The topological polar surface area (TPSA) is 100 Å². The normalized spacial score (nSPS) is 10.3. The lowest BCUT2D eigenvalue weighted by atomic mass is 10.1. The first kappa shape index (κ1) is 11.1. The number of hydrogen-bond acceptors (Lipinski definition) is 4. The molecule has 1 heterocycles. The van der Waals surface area contributed by atoms with Gasteiger partial charge in [0.1, 0.15) is 23.1 Å². The zero-order valence-electron chi connectivity index (χ0n) is 8.57. The van der Waals surface area contributed by atoms with Crippen molar-refractivity contribution in [2.45, 2.75) is 20.3 Å². The molecule has 0 spiro atoms. The molecule has 0 unspecified atom stereocenters. The highest BCUT2D eigenvalue weighted by atomic mass is 16.4. The SMILES string of the molecule is CC(C)Cc1oc(C(=O)O)c(N)c1C#N. The fourth-order valence-electron chi connectivity index (χ4n) is 1.29. The van der Waals surface area contributed by atoms with Crippen molar-refractivity contribution in [3.8, 4) is 6.07 Å². The highest BCUT2D eigenvalue weighted by Crippen LogP contribution is 2.26. The van der Waals surface area contributed by atoms with E-state index < -0.39 is 5.97 Å². The van der Waals surface area contributed by atoms with E-state index in [9.17, 15) is 4.79 Å². The summed E-state index contributed by atoms with van der Waals surface area (Å²) in [5.41, 5.74) is 5.55. The Morgan fingerprint density at radius 1 is 1.67 bits per heavy atom. The number of rotatable bonds is 3. The summed E-state index contributed by atoms with van der Waals surface area (Å²) in [6, 6.07) is 1.86. The molecular weight excluding hydrogens is 196 g/mol. The van der Waals surface area contributed by atoms with Crippen molar-refractivity contribution in [3.05, 3.63) is 17.1 Å². The summed E-state index contributed by atoms with van der Waals surface area (Å²) in [6.45, 7) is 3.89. The summed E-state index contributed by atoms with van der Waals surface area (Å²) >= 11 is 0. The maximum Gasteiger partial charge on any atom is 0.374 e. The molecule has 5 nitrogen and oxygen atoms in total. The van der Waals surface area contributed by atoms with Crippen LogP contribution < -0.4 is 5.73 Å². The van der Waals surface area contributed by atoms with Gasteiger partial charge in [-0.2, -0.15) is 5.26 Å². The molecule has 0 radical (unpaired) electrons. The van der Waals surface area contributed by atoms with E-state index in [1.165, 1.54) is 0 Å². The van der Waals surface area contributed by atoms with Crippen LogP contribution in [0, 0.1) is 17.2 Å². The summed E-state index contributed by atoms with van der Waals surface area (Å²) in [5, 5.41) is 17.6. The Labute approximate surface area is 87.1 Å². The van der Waals surface area contributed by atoms with Crippen LogP contribution in [-0.2, 0) is 6.42 Å². The highest BCUT2D eigenvalue weighted by molar-refractivity contribution is 5.92. The molecule has 15 heavy (non-hydrogen) atoms. The van der Waals surface area contributed by atoms with Crippen molar-refractivity contribution >= 4 is 11.7 Å². The van der Waals surface area contributed by atoms with E-state index in [1.54, 1.807) is 0 Å². The second-order valence-corrected chi connectivity index (χ2v) is 3.66. The van der Waals surface area contributed by atoms with Gasteiger partial charge in [-0.15, -0.1) is 0 Å². The fraction of sp³-hybridized carbons (Fsp3) is 0.400. The number of nitriles is 1. The number of hydrogen-bond donors (Lipinski definition) is 2. The molecule has 0 aliphatic rings. The van der Waals surface area contributed by atoms with Crippen LogP contribution in [0.3, 0.4) is 0 Å². The van der Waals surface area contributed by atoms with Gasteiger partial charge in [-0.1, -0.05) is 13.8 Å². The lowest BCUT2D eigenvalue weighted by molar-refractivity contribution is 0.0661. The van der Waals surface area contributed by atoms with Gasteiger partial charge in [-0.25, -0.2) is 4.79 Å². The number of furan rings is 1. The first-order valence-corrected chi connectivity index (χ1v) is 4.51. The van der Waals surface area contributed by atoms with Gasteiger partial charge in [0.2, 0.25) is 5.76 Å². The zero-order chi connectivity index (χ0) is 11.6. The van der Waals surface area contributed by atoms with E-state index in [0.29, 0.717) is 12.2 Å². The Balaban J connectivity index is 3.23. The number of aromatic carboxylic acids is 1. The lowest BCUT2D eigenvalue weighted by Crippen LogP contribution is -1.99. The van der Waals surface area contributed by atoms with Crippen molar-refractivity contribution in [3.63, 3.8) is 0 Å². The largest absolute Gasteiger partial charge is 0.475 e. The Morgan fingerprint density at radius 2 is 2.27 bits per heavy atom. The molecule has 1 aromatic rings. The standard InChI is InChI=1S/C10H12N2O3/c1-5(2)3-7-6(4-11)8(12)9(15-7)10(13)14/h5H,3,12H2,1-2H3,(H,13,14). The van der Waals surface area contributed by atoms with Crippen LogP contribution in [0.2, 0.25) is 0 Å². The van der Waals surface area contributed by atoms with Crippen LogP contribution in [0.4, 0.5) is 5.69 Å². The second kappa shape index (κ2) is 4.05. The monoisotopic (exact) mass is 208 g/mol. The van der Waals surface area contributed by atoms with Gasteiger partial charge in [0, 0.05) is 6.42 Å². The van der Waals surface area contributed by atoms with Crippen molar-refractivity contribution in [2.75, 3.05) is 5.73 Å². The summed E-state index contributed by atoms with van der Waals surface area (Å²) in [4.78, 5) is 10.7. The predicted molar refractivity (Wildman–Crippen MR) is 53.3 cm³/mol. The van der Waals surface area contributed by atoms with E-state index in [4.69, 9.17) is 20.5 Å². The van der Waals surface area contributed by atoms with Crippen molar-refractivity contribution < 1.29 is 14.3 Å². The average molecular weight is 208 g/mol. The number of carboxylic acids is 1. The minimum absolute atomic E-state index is 0.0827. The molecule has 0 bridgehead atoms. The van der Waals surface area contributed by atoms with Crippen LogP contribution in [0.5, 0.6) is 0 Å². The molecule has 0 atom stereocenters. The maximum atomic E-state index is 10.7.